The van der Waals surface area contributed by atoms with Gasteiger partial charge in [-0.05, 0) is 17.7 Å². The van der Waals surface area contributed by atoms with Gasteiger partial charge in [-0.15, -0.1) is 0 Å². The topological polar surface area (TPSA) is 29.5 Å². The van der Waals surface area contributed by atoms with Gasteiger partial charge in [0.15, 0.2) is 0 Å². The summed E-state index contributed by atoms with van der Waals surface area (Å²) in [6.45, 7) is 0.105. The van der Waals surface area contributed by atoms with E-state index in [1.807, 2.05) is 30.3 Å². The lowest BCUT2D eigenvalue weighted by atomic mass is 10.2. The van der Waals surface area contributed by atoms with Crippen molar-refractivity contribution < 1.29 is 14.2 Å². The Bertz CT molecular complexity index is 597. The molecule has 0 aliphatic carbocycles. The van der Waals surface area contributed by atoms with E-state index in [4.69, 9.17) is 9.84 Å². The third kappa shape index (κ3) is 3.84. The van der Waals surface area contributed by atoms with E-state index in [1.165, 1.54) is 12.1 Å². The summed E-state index contributed by atoms with van der Waals surface area (Å²) in [6.07, 6.45) is 0. The Morgan fingerprint density at radius 1 is 1.11 bits per heavy atom. The van der Waals surface area contributed by atoms with Gasteiger partial charge < -0.3 is 9.84 Å². The first-order chi connectivity index (χ1) is 9.29. The summed E-state index contributed by atoms with van der Waals surface area (Å²) in [7, 11) is 0. The van der Waals surface area contributed by atoms with Crippen LogP contribution >= 0.6 is 0 Å². The molecule has 0 unspecified atom stereocenters. The minimum atomic E-state index is -0.377. The first kappa shape index (κ1) is 13.1. The summed E-state index contributed by atoms with van der Waals surface area (Å²) in [5.41, 5.74) is 1.55. The molecule has 19 heavy (non-hydrogen) atoms. The molecule has 0 spiro atoms. The highest BCUT2D eigenvalue weighted by atomic mass is 19.1. The van der Waals surface area contributed by atoms with Crippen LogP contribution in [0.1, 0.15) is 11.1 Å². The Labute approximate surface area is 111 Å². The standard InChI is InChI=1S/C16H13FO2/c17-15-9-8-14(7-4-10-18)16(11-15)19-12-13-5-2-1-3-6-13/h1-3,5-6,8-9,11,18H,10,12H2. The Kier molecular flexibility index (Phi) is 4.54. The SMILES string of the molecule is OCC#Cc1ccc(F)cc1OCc1ccccc1. The summed E-state index contributed by atoms with van der Waals surface area (Å²) in [6, 6.07) is 13.8. The van der Waals surface area contributed by atoms with Gasteiger partial charge in [0.05, 0.1) is 5.56 Å². The minimum Gasteiger partial charge on any atom is -0.487 e. The first-order valence-corrected chi connectivity index (χ1v) is 5.85. The molecule has 0 saturated heterocycles. The fourth-order valence-electron chi connectivity index (χ4n) is 1.59. The average molecular weight is 256 g/mol. The van der Waals surface area contributed by atoms with Crippen LogP contribution in [-0.2, 0) is 6.61 Å². The summed E-state index contributed by atoms with van der Waals surface area (Å²) >= 11 is 0. The van der Waals surface area contributed by atoms with Crippen LogP contribution < -0.4 is 4.74 Å². The molecule has 0 heterocycles. The molecule has 0 atom stereocenters. The van der Waals surface area contributed by atoms with Crippen molar-refractivity contribution in [1.29, 1.82) is 0 Å². The highest BCUT2D eigenvalue weighted by Gasteiger charge is 2.04. The van der Waals surface area contributed by atoms with Crippen molar-refractivity contribution in [2.24, 2.45) is 0 Å². The van der Waals surface area contributed by atoms with Crippen LogP contribution in [0.2, 0.25) is 0 Å². The molecule has 0 amide bonds. The molecule has 96 valence electrons. The largest absolute Gasteiger partial charge is 0.487 e. The van der Waals surface area contributed by atoms with Gasteiger partial charge in [-0.2, -0.15) is 0 Å². The van der Waals surface area contributed by atoms with E-state index in [1.54, 1.807) is 6.07 Å². The van der Waals surface area contributed by atoms with Gasteiger partial charge in [-0.3, -0.25) is 0 Å². The number of aliphatic hydroxyl groups is 1. The van der Waals surface area contributed by atoms with Crippen LogP contribution in [0.5, 0.6) is 5.75 Å². The van der Waals surface area contributed by atoms with Gasteiger partial charge in [-0.25, -0.2) is 4.39 Å². The fourth-order valence-corrected chi connectivity index (χ4v) is 1.59. The lowest BCUT2D eigenvalue weighted by molar-refractivity contribution is 0.303. The van der Waals surface area contributed by atoms with Crippen LogP contribution in [-0.4, -0.2) is 11.7 Å². The van der Waals surface area contributed by atoms with E-state index in [0.717, 1.165) is 5.56 Å². The number of ether oxygens (including phenoxy) is 1. The molecule has 2 nitrogen and oxygen atoms in total. The van der Waals surface area contributed by atoms with Gasteiger partial charge in [0, 0.05) is 6.07 Å². The van der Waals surface area contributed by atoms with E-state index in [0.29, 0.717) is 17.9 Å². The van der Waals surface area contributed by atoms with E-state index in [9.17, 15) is 4.39 Å². The first-order valence-electron chi connectivity index (χ1n) is 5.85. The smallest absolute Gasteiger partial charge is 0.138 e. The van der Waals surface area contributed by atoms with Gasteiger partial charge in [-0.1, -0.05) is 42.2 Å². The number of hydrogen-bond donors (Lipinski definition) is 1. The molecule has 1 N–H and O–H groups in total. The molecular weight excluding hydrogens is 243 g/mol. The maximum atomic E-state index is 13.2. The van der Waals surface area contributed by atoms with Crippen molar-refractivity contribution in [1.82, 2.24) is 0 Å². The lowest BCUT2D eigenvalue weighted by Crippen LogP contribution is -1.97. The molecule has 0 aliphatic heterocycles. The van der Waals surface area contributed by atoms with Crippen LogP contribution in [0.25, 0.3) is 0 Å². The van der Waals surface area contributed by atoms with Crippen molar-refractivity contribution in [3.63, 3.8) is 0 Å². The highest BCUT2D eigenvalue weighted by molar-refractivity contribution is 5.46. The minimum absolute atomic E-state index is 0.241. The van der Waals surface area contributed by atoms with E-state index < -0.39 is 0 Å². The Balaban J connectivity index is 2.16. The van der Waals surface area contributed by atoms with Crippen LogP contribution in [0.3, 0.4) is 0 Å². The molecular formula is C16H13FO2. The second kappa shape index (κ2) is 6.58. The van der Waals surface area contributed by atoms with Crippen molar-refractivity contribution in [2.75, 3.05) is 6.61 Å². The molecule has 0 saturated carbocycles. The zero-order valence-electron chi connectivity index (χ0n) is 10.3. The zero-order valence-corrected chi connectivity index (χ0v) is 10.3. The molecule has 2 rings (SSSR count). The molecule has 0 aromatic heterocycles. The monoisotopic (exact) mass is 256 g/mol. The summed E-state index contributed by atoms with van der Waals surface area (Å²) in [5, 5.41) is 8.69. The quantitative estimate of drug-likeness (QED) is 0.856. The van der Waals surface area contributed by atoms with Gasteiger partial charge in [0.25, 0.3) is 0 Å². The Morgan fingerprint density at radius 3 is 2.63 bits per heavy atom. The fraction of sp³-hybridized carbons (Fsp3) is 0.125. The second-order valence-corrected chi connectivity index (χ2v) is 3.87. The maximum Gasteiger partial charge on any atom is 0.138 e. The molecule has 3 heteroatoms. The normalized spacial score (nSPS) is 9.58. The molecule has 0 aliphatic rings. The molecule has 0 radical (unpaired) electrons. The van der Waals surface area contributed by atoms with Gasteiger partial charge >= 0.3 is 0 Å². The van der Waals surface area contributed by atoms with Crippen molar-refractivity contribution >= 4 is 0 Å². The predicted molar refractivity (Wildman–Crippen MR) is 71.1 cm³/mol. The van der Waals surface area contributed by atoms with Crippen LogP contribution in [0, 0.1) is 17.7 Å². The number of halogens is 1. The molecule has 0 fully saturated rings. The van der Waals surface area contributed by atoms with Gasteiger partial charge in [0.1, 0.15) is 24.8 Å². The number of aliphatic hydroxyl groups excluding tert-OH is 1. The van der Waals surface area contributed by atoms with Crippen molar-refractivity contribution in [3.8, 4) is 17.6 Å². The summed E-state index contributed by atoms with van der Waals surface area (Å²) in [5.74, 6) is 5.26. The highest BCUT2D eigenvalue weighted by Crippen LogP contribution is 2.20. The lowest BCUT2D eigenvalue weighted by Gasteiger charge is -2.08. The van der Waals surface area contributed by atoms with Crippen molar-refractivity contribution in [2.45, 2.75) is 6.61 Å². The summed E-state index contributed by atoms with van der Waals surface area (Å²) in [4.78, 5) is 0. The Morgan fingerprint density at radius 2 is 1.89 bits per heavy atom. The number of hydrogen-bond acceptors (Lipinski definition) is 2. The maximum absolute atomic E-state index is 13.2. The Hall–Kier alpha value is -2.31. The zero-order chi connectivity index (χ0) is 13.5. The van der Waals surface area contributed by atoms with E-state index in [2.05, 4.69) is 11.8 Å². The predicted octanol–water partition coefficient (Wildman–Crippen LogP) is 2.75. The van der Waals surface area contributed by atoms with E-state index in [-0.39, 0.29) is 12.4 Å². The van der Waals surface area contributed by atoms with Crippen molar-refractivity contribution in [3.05, 3.63) is 65.5 Å². The third-order valence-corrected chi connectivity index (χ3v) is 2.48. The molecule has 0 bridgehead atoms. The summed E-state index contributed by atoms with van der Waals surface area (Å²) < 4.78 is 18.8. The molecule has 2 aromatic rings. The van der Waals surface area contributed by atoms with Gasteiger partial charge in [0.2, 0.25) is 0 Å². The third-order valence-electron chi connectivity index (χ3n) is 2.48. The van der Waals surface area contributed by atoms with Crippen LogP contribution in [0.4, 0.5) is 4.39 Å². The molecule has 2 aromatic carbocycles. The number of benzene rings is 2. The average Bonchev–Trinajstić information content (AvgIpc) is 2.45. The van der Waals surface area contributed by atoms with E-state index >= 15 is 0 Å². The van der Waals surface area contributed by atoms with Crippen LogP contribution in [0.15, 0.2) is 48.5 Å². The second-order valence-electron chi connectivity index (χ2n) is 3.87. The number of rotatable bonds is 3.